The van der Waals surface area contributed by atoms with Crippen molar-refractivity contribution in [1.29, 1.82) is 0 Å². The number of aromatic carboxylic acids is 1. The van der Waals surface area contributed by atoms with E-state index >= 15 is 0 Å². The van der Waals surface area contributed by atoms with E-state index in [0.717, 1.165) is 18.4 Å². The Balaban J connectivity index is 2.29. The van der Waals surface area contributed by atoms with E-state index in [0.29, 0.717) is 5.56 Å². The Kier molecular flexibility index (Phi) is 3.40. The van der Waals surface area contributed by atoms with Gasteiger partial charge in [0.25, 0.3) is 0 Å². The average Bonchev–Trinajstić information content (AvgIpc) is 2.31. The van der Waals surface area contributed by atoms with Crippen molar-refractivity contribution in [3.63, 3.8) is 0 Å². The second-order valence-electron chi connectivity index (χ2n) is 4.26. The summed E-state index contributed by atoms with van der Waals surface area (Å²) in [6.45, 7) is 0. The van der Waals surface area contributed by atoms with Gasteiger partial charge in [-0.3, -0.25) is 0 Å². The first-order chi connectivity index (χ1) is 7.77. The Morgan fingerprint density at radius 3 is 2.50 bits per heavy atom. The smallest absolute Gasteiger partial charge is 0.336 e. The van der Waals surface area contributed by atoms with Crippen LogP contribution in [0, 0.1) is 0 Å². The molecule has 0 atom stereocenters. The maximum Gasteiger partial charge on any atom is 0.336 e. The lowest BCUT2D eigenvalue weighted by atomic mass is 9.92. The number of hydrogen-bond donors (Lipinski definition) is 1. The van der Waals surface area contributed by atoms with Crippen LogP contribution >= 0.6 is 0 Å². The number of rotatable bonds is 2. The molecule has 0 radical (unpaired) electrons. The normalized spacial score (nSPS) is 15.9. The van der Waals surface area contributed by atoms with Crippen LogP contribution in [0.15, 0.2) is 29.8 Å². The van der Waals surface area contributed by atoms with E-state index in [1.165, 1.54) is 24.8 Å². The number of carboxylic acids is 1. The molecule has 0 heterocycles. The van der Waals surface area contributed by atoms with Gasteiger partial charge in [0, 0.05) is 0 Å². The second kappa shape index (κ2) is 4.97. The predicted molar refractivity (Wildman–Crippen MR) is 64.5 cm³/mol. The number of allylic oxidation sites excluding steroid dienone is 1. The zero-order valence-electron chi connectivity index (χ0n) is 9.28. The average molecular weight is 216 g/mol. The summed E-state index contributed by atoms with van der Waals surface area (Å²) < 4.78 is 0. The van der Waals surface area contributed by atoms with Crippen molar-refractivity contribution in [2.75, 3.05) is 0 Å². The molecule has 0 aromatic heterocycles. The first kappa shape index (κ1) is 10.9. The molecule has 16 heavy (non-hydrogen) atoms. The van der Waals surface area contributed by atoms with Gasteiger partial charge in [-0.05, 0) is 37.3 Å². The van der Waals surface area contributed by atoms with E-state index in [4.69, 9.17) is 5.11 Å². The van der Waals surface area contributed by atoms with Gasteiger partial charge in [-0.1, -0.05) is 36.3 Å². The summed E-state index contributed by atoms with van der Waals surface area (Å²) in [6, 6.07) is 7.20. The second-order valence-corrected chi connectivity index (χ2v) is 4.26. The van der Waals surface area contributed by atoms with Gasteiger partial charge in [0.05, 0.1) is 5.56 Å². The van der Waals surface area contributed by atoms with Gasteiger partial charge in [0.1, 0.15) is 0 Å². The number of carbonyl (C=O) groups is 1. The van der Waals surface area contributed by atoms with Crippen LogP contribution < -0.4 is 0 Å². The van der Waals surface area contributed by atoms with E-state index in [9.17, 15) is 4.79 Å². The summed E-state index contributed by atoms with van der Waals surface area (Å²) in [5, 5.41) is 9.07. The third-order valence-corrected chi connectivity index (χ3v) is 3.05. The highest BCUT2D eigenvalue weighted by atomic mass is 16.4. The van der Waals surface area contributed by atoms with Crippen molar-refractivity contribution >= 4 is 12.0 Å². The highest BCUT2D eigenvalue weighted by Gasteiger charge is 2.09. The monoisotopic (exact) mass is 216 g/mol. The largest absolute Gasteiger partial charge is 0.478 e. The van der Waals surface area contributed by atoms with Crippen LogP contribution in [-0.4, -0.2) is 11.1 Å². The first-order valence-corrected chi connectivity index (χ1v) is 5.79. The SMILES string of the molecule is O=C(O)c1ccccc1C=C1CCCCC1. The van der Waals surface area contributed by atoms with Gasteiger partial charge < -0.3 is 5.11 Å². The molecule has 2 heteroatoms. The fraction of sp³-hybridized carbons (Fsp3) is 0.357. The molecule has 1 aliphatic rings. The Bertz CT molecular complexity index is 410. The Morgan fingerprint density at radius 2 is 1.81 bits per heavy atom. The maximum absolute atomic E-state index is 11.0. The van der Waals surface area contributed by atoms with Gasteiger partial charge in [0.15, 0.2) is 0 Å². The Hall–Kier alpha value is -1.57. The summed E-state index contributed by atoms with van der Waals surface area (Å²) in [4.78, 5) is 11.0. The van der Waals surface area contributed by atoms with E-state index in [1.54, 1.807) is 12.1 Å². The third-order valence-electron chi connectivity index (χ3n) is 3.05. The summed E-state index contributed by atoms with van der Waals surface area (Å²) in [5.41, 5.74) is 2.63. The molecular formula is C14H16O2. The molecule has 1 N–H and O–H groups in total. The maximum atomic E-state index is 11.0. The minimum Gasteiger partial charge on any atom is -0.478 e. The van der Waals surface area contributed by atoms with Crippen molar-refractivity contribution in [1.82, 2.24) is 0 Å². The molecular weight excluding hydrogens is 200 g/mol. The molecule has 1 fully saturated rings. The van der Waals surface area contributed by atoms with Gasteiger partial charge in [-0.2, -0.15) is 0 Å². The Morgan fingerprint density at radius 1 is 1.12 bits per heavy atom. The standard InChI is InChI=1S/C14H16O2/c15-14(16)13-9-5-4-8-12(13)10-11-6-2-1-3-7-11/h4-5,8-10H,1-3,6-7H2,(H,15,16). The van der Waals surface area contributed by atoms with Crippen molar-refractivity contribution in [3.05, 3.63) is 41.0 Å². The summed E-state index contributed by atoms with van der Waals surface area (Å²) in [6.07, 6.45) is 8.07. The fourth-order valence-corrected chi connectivity index (χ4v) is 2.19. The van der Waals surface area contributed by atoms with Crippen LogP contribution in [0.5, 0.6) is 0 Å². The Labute approximate surface area is 95.6 Å². The fourth-order valence-electron chi connectivity index (χ4n) is 2.19. The van der Waals surface area contributed by atoms with E-state index in [2.05, 4.69) is 6.08 Å². The molecule has 0 amide bonds. The van der Waals surface area contributed by atoms with Crippen LogP contribution in [0.4, 0.5) is 0 Å². The van der Waals surface area contributed by atoms with Crippen LogP contribution in [0.3, 0.4) is 0 Å². The molecule has 1 aromatic rings. The van der Waals surface area contributed by atoms with Gasteiger partial charge in [-0.25, -0.2) is 4.79 Å². The highest BCUT2D eigenvalue weighted by Crippen LogP contribution is 2.25. The van der Waals surface area contributed by atoms with E-state index < -0.39 is 5.97 Å². The van der Waals surface area contributed by atoms with Gasteiger partial charge >= 0.3 is 5.97 Å². The first-order valence-electron chi connectivity index (χ1n) is 5.79. The molecule has 0 saturated heterocycles. The van der Waals surface area contributed by atoms with Crippen molar-refractivity contribution < 1.29 is 9.90 Å². The van der Waals surface area contributed by atoms with Crippen LogP contribution in [0.25, 0.3) is 6.08 Å². The van der Waals surface area contributed by atoms with Gasteiger partial charge in [0.2, 0.25) is 0 Å². The number of hydrogen-bond acceptors (Lipinski definition) is 1. The molecule has 2 rings (SSSR count). The molecule has 0 unspecified atom stereocenters. The van der Waals surface area contributed by atoms with Crippen molar-refractivity contribution in [2.45, 2.75) is 32.1 Å². The highest BCUT2D eigenvalue weighted by molar-refractivity contribution is 5.92. The molecule has 1 aliphatic carbocycles. The van der Waals surface area contributed by atoms with Crippen molar-refractivity contribution in [2.24, 2.45) is 0 Å². The van der Waals surface area contributed by atoms with Gasteiger partial charge in [-0.15, -0.1) is 0 Å². The zero-order chi connectivity index (χ0) is 11.4. The molecule has 84 valence electrons. The summed E-state index contributed by atoms with van der Waals surface area (Å²) >= 11 is 0. The van der Waals surface area contributed by atoms with Crippen molar-refractivity contribution in [3.8, 4) is 0 Å². The molecule has 0 aliphatic heterocycles. The molecule has 2 nitrogen and oxygen atoms in total. The number of benzene rings is 1. The summed E-state index contributed by atoms with van der Waals surface area (Å²) in [7, 11) is 0. The quantitative estimate of drug-likeness (QED) is 0.817. The zero-order valence-corrected chi connectivity index (χ0v) is 9.28. The van der Waals surface area contributed by atoms with Crippen LogP contribution in [-0.2, 0) is 0 Å². The molecule has 0 spiro atoms. The lowest BCUT2D eigenvalue weighted by Gasteiger charge is -2.13. The van der Waals surface area contributed by atoms with E-state index in [-0.39, 0.29) is 0 Å². The minimum absolute atomic E-state index is 0.403. The van der Waals surface area contributed by atoms with Crippen LogP contribution in [0.2, 0.25) is 0 Å². The predicted octanol–water partition coefficient (Wildman–Crippen LogP) is 3.73. The minimum atomic E-state index is -0.844. The lowest BCUT2D eigenvalue weighted by molar-refractivity contribution is 0.0696. The van der Waals surface area contributed by atoms with E-state index in [1.807, 2.05) is 12.1 Å². The summed E-state index contributed by atoms with van der Waals surface area (Å²) in [5.74, 6) is -0.844. The molecule has 1 aromatic carbocycles. The number of carboxylic acid groups (broad SMARTS) is 1. The van der Waals surface area contributed by atoms with Crippen LogP contribution in [0.1, 0.15) is 48.0 Å². The third kappa shape index (κ3) is 2.51. The molecule has 0 bridgehead atoms. The lowest BCUT2D eigenvalue weighted by Crippen LogP contribution is -2.00. The topological polar surface area (TPSA) is 37.3 Å². The molecule has 1 saturated carbocycles.